The van der Waals surface area contributed by atoms with Crippen molar-refractivity contribution in [2.45, 2.75) is 52.5 Å². The highest BCUT2D eigenvalue weighted by atomic mass is 79.9. The van der Waals surface area contributed by atoms with Crippen molar-refractivity contribution < 1.29 is 9.90 Å². The summed E-state index contributed by atoms with van der Waals surface area (Å²) >= 11 is 3.44. The van der Waals surface area contributed by atoms with E-state index in [1.54, 1.807) is 0 Å². The molecule has 21 heavy (non-hydrogen) atoms. The molecule has 0 spiro atoms. The van der Waals surface area contributed by atoms with Gasteiger partial charge in [0.1, 0.15) is 5.54 Å². The van der Waals surface area contributed by atoms with Gasteiger partial charge in [-0.2, -0.15) is 0 Å². The number of benzene rings is 1. The second-order valence-electron chi connectivity index (χ2n) is 7.88. The number of nitrogens with one attached hydrogen (secondary N) is 1. The molecule has 2 rings (SSSR count). The predicted octanol–water partition coefficient (Wildman–Crippen LogP) is 4.92. The van der Waals surface area contributed by atoms with E-state index in [0.29, 0.717) is 12.8 Å². The van der Waals surface area contributed by atoms with Crippen LogP contribution in [0.4, 0.5) is 5.69 Å². The van der Waals surface area contributed by atoms with Crippen LogP contribution >= 0.6 is 15.9 Å². The van der Waals surface area contributed by atoms with Crippen LogP contribution in [0, 0.1) is 10.8 Å². The summed E-state index contributed by atoms with van der Waals surface area (Å²) in [6, 6.07) is 7.71. The molecule has 1 saturated carbocycles. The van der Waals surface area contributed by atoms with Crippen molar-refractivity contribution in [2.75, 3.05) is 5.32 Å². The summed E-state index contributed by atoms with van der Waals surface area (Å²) in [6.07, 6.45) is 2.30. The molecule has 0 atom stereocenters. The van der Waals surface area contributed by atoms with E-state index >= 15 is 0 Å². The number of carboxylic acids is 1. The number of carbonyl (C=O) groups is 1. The van der Waals surface area contributed by atoms with Crippen molar-refractivity contribution in [3.8, 4) is 0 Å². The Morgan fingerprint density at radius 3 is 2.19 bits per heavy atom. The number of carboxylic acid groups (broad SMARTS) is 1. The maximum atomic E-state index is 12.1. The lowest BCUT2D eigenvalue weighted by Crippen LogP contribution is -2.56. The summed E-state index contributed by atoms with van der Waals surface area (Å²) in [5.74, 6) is -0.761. The van der Waals surface area contributed by atoms with Crippen molar-refractivity contribution in [3.05, 3.63) is 28.7 Å². The van der Waals surface area contributed by atoms with Crippen LogP contribution in [0.5, 0.6) is 0 Å². The lowest BCUT2D eigenvalue weighted by atomic mass is 9.58. The molecule has 116 valence electrons. The van der Waals surface area contributed by atoms with Gasteiger partial charge < -0.3 is 10.4 Å². The molecule has 0 radical (unpaired) electrons. The van der Waals surface area contributed by atoms with Crippen LogP contribution in [0.2, 0.25) is 0 Å². The van der Waals surface area contributed by atoms with Crippen LogP contribution in [0.25, 0.3) is 0 Å². The highest BCUT2D eigenvalue weighted by Crippen LogP contribution is 2.51. The van der Waals surface area contributed by atoms with Gasteiger partial charge in [-0.3, -0.25) is 0 Å². The molecule has 1 aromatic carbocycles. The Morgan fingerprint density at radius 2 is 1.71 bits per heavy atom. The van der Waals surface area contributed by atoms with E-state index in [1.165, 1.54) is 0 Å². The summed E-state index contributed by atoms with van der Waals surface area (Å²) in [4.78, 5) is 12.1. The lowest BCUT2D eigenvalue weighted by Gasteiger charge is -2.50. The van der Waals surface area contributed by atoms with Crippen LogP contribution in [-0.4, -0.2) is 16.6 Å². The van der Waals surface area contributed by atoms with Gasteiger partial charge in [-0.1, -0.05) is 49.7 Å². The molecular formula is C17H24BrNO2. The van der Waals surface area contributed by atoms with Crippen molar-refractivity contribution in [3.63, 3.8) is 0 Å². The molecule has 2 N–H and O–H groups in total. The zero-order chi connectivity index (χ0) is 15.9. The summed E-state index contributed by atoms with van der Waals surface area (Å²) in [6.45, 7) is 8.64. The maximum absolute atomic E-state index is 12.1. The van der Waals surface area contributed by atoms with Crippen LogP contribution in [0.1, 0.15) is 47.0 Å². The fraction of sp³-hybridized carbons (Fsp3) is 0.588. The normalized spacial score (nSPS) is 22.5. The summed E-state index contributed by atoms with van der Waals surface area (Å²) in [7, 11) is 0. The Balaban J connectivity index is 2.39. The first-order valence-corrected chi connectivity index (χ1v) is 8.10. The summed E-state index contributed by atoms with van der Waals surface area (Å²) in [5.41, 5.74) is -0.0649. The van der Waals surface area contributed by atoms with Crippen LogP contribution in [0.15, 0.2) is 28.7 Å². The summed E-state index contributed by atoms with van der Waals surface area (Å²) < 4.78 is 0.947. The van der Waals surface area contributed by atoms with Gasteiger partial charge in [0.05, 0.1) is 0 Å². The van der Waals surface area contributed by atoms with E-state index in [9.17, 15) is 9.90 Å². The third-order valence-corrected chi connectivity index (χ3v) is 4.63. The highest BCUT2D eigenvalue weighted by molar-refractivity contribution is 9.10. The zero-order valence-electron chi connectivity index (χ0n) is 13.2. The Bertz CT molecular complexity index is 535. The van der Waals surface area contributed by atoms with Gasteiger partial charge in [-0.05, 0) is 48.3 Å². The SMILES string of the molecule is CC1(C)CC(C)(C)CC(Nc2cccc(Br)c2)(C(=O)O)C1. The van der Waals surface area contributed by atoms with E-state index < -0.39 is 11.5 Å². The second kappa shape index (κ2) is 5.31. The van der Waals surface area contributed by atoms with Crippen LogP contribution in [0.3, 0.4) is 0 Å². The number of aliphatic carboxylic acids is 1. The monoisotopic (exact) mass is 353 g/mol. The van der Waals surface area contributed by atoms with Gasteiger partial charge in [-0.15, -0.1) is 0 Å². The molecule has 1 aliphatic carbocycles. The Labute approximate surface area is 135 Å². The molecule has 4 heteroatoms. The van der Waals surface area contributed by atoms with Crippen molar-refractivity contribution >= 4 is 27.6 Å². The Hall–Kier alpha value is -1.03. The van der Waals surface area contributed by atoms with Crippen LogP contribution < -0.4 is 5.32 Å². The van der Waals surface area contributed by atoms with Gasteiger partial charge >= 0.3 is 5.97 Å². The number of hydrogen-bond acceptors (Lipinski definition) is 2. The molecule has 0 aromatic heterocycles. The van der Waals surface area contributed by atoms with Gasteiger partial charge in [0.15, 0.2) is 0 Å². The van der Waals surface area contributed by atoms with Gasteiger partial charge in [0, 0.05) is 10.2 Å². The minimum absolute atomic E-state index is 0.000841. The average molecular weight is 354 g/mol. The van der Waals surface area contributed by atoms with E-state index in [2.05, 4.69) is 48.9 Å². The minimum Gasteiger partial charge on any atom is -0.480 e. The van der Waals surface area contributed by atoms with Gasteiger partial charge in [0.25, 0.3) is 0 Å². The van der Waals surface area contributed by atoms with Crippen LogP contribution in [-0.2, 0) is 4.79 Å². The molecule has 0 heterocycles. The molecule has 0 unspecified atom stereocenters. The topological polar surface area (TPSA) is 49.3 Å². The number of hydrogen-bond donors (Lipinski definition) is 2. The molecular weight excluding hydrogens is 330 g/mol. The maximum Gasteiger partial charge on any atom is 0.329 e. The Morgan fingerprint density at radius 1 is 1.14 bits per heavy atom. The minimum atomic E-state index is -0.911. The molecule has 1 fully saturated rings. The average Bonchev–Trinajstić information content (AvgIpc) is 2.23. The largest absolute Gasteiger partial charge is 0.480 e. The third-order valence-electron chi connectivity index (χ3n) is 4.14. The standard InChI is InChI=1S/C17H24BrNO2/c1-15(2)9-16(3,4)11-17(10-15,14(20)21)19-13-7-5-6-12(18)8-13/h5-8,19H,9-11H2,1-4H3,(H,20,21). The molecule has 0 bridgehead atoms. The zero-order valence-corrected chi connectivity index (χ0v) is 14.8. The van der Waals surface area contributed by atoms with Gasteiger partial charge in [-0.25, -0.2) is 4.79 Å². The van der Waals surface area contributed by atoms with Crippen molar-refractivity contribution in [1.29, 1.82) is 0 Å². The summed E-state index contributed by atoms with van der Waals surface area (Å²) in [5, 5.41) is 13.2. The number of anilines is 1. The number of rotatable bonds is 3. The second-order valence-corrected chi connectivity index (χ2v) is 8.80. The van der Waals surface area contributed by atoms with Crippen molar-refractivity contribution in [2.24, 2.45) is 10.8 Å². The molecule has 0 saturated heterocycles. The third kappa shape index (κ3) is 3.79. The quantitative estimate of drug-likeness (QED) is 0.810. The van der Waals surface area contributed by atoms with E-state index in [-0.39, 0.29) is 10.8 Å². The van der Waals surface area contributed by atoms with E-state index in [4.69, 9.17) is 0 Å². The number of halogens is 1. The van der Waals surface area contributed by atoms with Gasteiger partial charge in [0.2, 0.25) is 0 Å². The van der Waals surface area contributed by atoms with Crippen molar-refractivity contribution in [1.82, 2.24) is 0 Å². The fourth-order valence-electron chi connectivity index (χ4n) is 4.25. The molecule has 1 aliphatic rings. The van der Waals surface area contributed by atoms with E-state index in [0.717, 1.165) is 16.6 Å². The lowest BCUT2D eigenvalue weighted by molar-refractivity contribution is -0.147. The first-order chi connectivity index (χ1) is 9.54. The first-order valence-electron chi connectivity index (χ1n) is 7.31. The predicted molar refractivity (Wildman–Crippen MR) is 89.5 cm³/mol. The molecule has 0 aliphatic heterocycles. The fourth-order valence-corrected chi connectivity index (χ4v) is 4.65. The highest BCUT2D eigenvalue weighted by Gasteiger charge is 2.52. The smallest absolute Gasteiger partial charge is 0.329 e. The molecule has 1 aromatic rings. The first kappa shape index (κ1) is 16.3. The molecule has 3 nitrogen and oxygen atoms in total. The molecule has 0 amide bonds. The Kier molecular flexibility index (Phi) is 4.13. The van der Waals surface area contributed by atoms with E-state index in [1.807, 2.05) is 24.3 Å².